The van der Waals surface area contributed by atoms with Gasteiger partial charge in [0.05, 0.1) is 11.1 Å². The average Bonchev–Trinajstić information content (AvgIpc) is 2.81. The summed E-state index contributed by atoms with van der Waals surface area (Å²) in [5.41, 5.74) is -2.28. The standard InChI is InChI=1S/C16H8F4O4/c17-10-3-1-2-9(16(18,19)20)8(10)6-12-13(22)7-4-5-11(21)14(23)15(7)24-12/h1-6,21,23H/b12-6-. The lowest BCUT2D eigenvalue weighted by Gasteiger charge is -2.11. The summed E-state index contributed by atoms with van der Waals surface area (Å²) in [6.45, 7) is 0. The Morgan fingerprint density at radius 2 is 1.79 bits per heavy atom. The number of phenolic OH excluding ortho intramolecular Hbond substituents is 2. The van der Waals surface area contributed by atoms with Crippen molar-refractivity contribution in [1.29, 1.82) is 0 Å². The summed E-state index contributed by atoms with van der Waals surface area (Å²) < 4.78 is 57.8. The number of carbonyl (C=O) groups is 1. The van der Waals surface area contributed by atoms with Crippen LogP contribution in [0.25, 0.3) is 6.08 Å². The number of alkyl halides is 3. The van der Waals surface area contributed by atoms with Crippen LogP contribution >= 0.6 is 0 Å². The number of halogens is 4. The number of phenols is 2. The van der Waals surface area contributed by atoms with Gasteiger partial charge in [0, 0.05) is 5.56 Å². The lowest BCUT2D eigenvalue weighted by molar-refractivity contribution is -0.137. The van der Waals surface area contributed by atoms with Crippen molar-refractivity contribution >= 4 is 11.9 Å². The van der Waals surface area contributed by atoms with Crippen molar-refractivity contribution in [2.45, 2.75) is 6.18 Å². The molecular weight excluding hydrogens is 332 g/mol. The third-order valence-corrected chi connectivity index (χ3v) is 3.42. The molecule has 0 aliphatic carbocycles. The van der Waals surface area contributed by atoms with Gasteiger partial charge in [-0.2, -0.15) is 13.2 Å². The predicted molar refractivity (Wildman–Crippen MR) is 74.1 cm³/mol. The number of fused-ring (bicyclic) bond motifs is 1. The van der Waals surface area contributed by atoms with Gasteiger partial charge in [-0.3, -0.25) is 4.79 Å². The van der Waals surface area contributed by atoms with Crippen LogP contribution < -0.4 is 4.74 Å². The summed E-state index contributed by atoms with van der Waals surface area (Å²) in [6.07, 6.45) is -4.21. The lowest BCUT2D eigenvalue weighted by Crippen LogP contribution is -2.09. The molecule has 0 aromatic heterocycles. The van der Waals surface area contributed by atoms with Crippen molar-refractivity contribution in [1.82, 2.24) is 0 Å². The van der Waals surface area contributed by atoms with E-state index in [9.17, 15) is 32.6 Å². The second-order valence-electron chi connectivity index (χ2n) is 4.95. The fourth-order valence-electron chi connectivity index (χ4n) is 2.29. The molecule has 0 amide bonds. The van der Waals surface area contributed by atoms with Crippen LogP contribution in [0.3, 0.4) is 0 Å². The van der Waals surface area contributed by atoms with Crippen molar-refractivity contribution in [3.05, 3.63) is 58.6 Å². The highest BCUT2D eigenvalue weighted by atomic mass is 19.4. The molecule has 0 fully saturated rings. The van der Waals surface area contributed by atoms with Gasteiger partial charge in [-0.15, -0.1) is 0 Å². The van der Waals surface area contributed by atoms with E-state index >= 15 is 0 Å². The number of aromatic hydroxyl groups is 2. The van der Waals surface area contributed by atoms with Gasteiger partial charge >= 0.3 is 6.18 Å². The average molecular weight is 340 g/mol. The topological polar surface area (TPSA) is 66.8 Å². The highest BCUT2D eigenvalue weighted by Gasteiger charge is 2.36. The number of carbonyl (C=O) groups excluding carboxylic acids is 1. The van der Waals surface area contributed by atoms with E-state index in [1.807, 2.05) is 0 Å². The zero-order chi connectivity index (χ0) is 17.6. The first kappa shape index (κ1) is 15.9. The molecule has 3 rings (SSSR count). The molecule has 1 heterocycles. The van der Waals surface area contributed by atoms with Gasteiger partial charge in [-0.05, 0) is 30.3 Å². The number of rotatable bonds is 1. The minimum Gasteiger partial charge on any atom is -0.504 e. The molecule has 0 saturated carbocycles. The molecule has 124 valence electrons. The molecule has 0 radical (unpaired) electrons. The molecule has 0 spiro atoms. The van der Waals surface area contributed by atoms with Crippen LogP contribution in [0.2, 0.25) is 0 Å². The smallest absolute Gasteiger partial charge is 0.417 e. The molecule has 2 aromatic carbocycles. The molecular formula is C16H8F4O4. The quantitative estimate of drug-likeness (QED) is 0.470. The Bertz CT molecular complexity index is 884. The Labute approximate surface area is 132 Å². The lowest BCUT2D eigenvalue weighted by atomic mass is 10.0. The van der Waals surface area contributed by atoms with Crippen LogP contribution in [0.15, 0.2) is 36.1 Å². The number of ether oxygens (including phenoxy) is 1. The molecule has 0 bridgehead atoms. The Kier molecular flexibility index (Phi) is 3.47. The van der Waals surface area contributed by atoms with Gasteiger partial charge in [0.25, 0.3) is 0 Å². The first-order valence-corrected chi connectivity index (χ1v) is 6.55. The molecule has 2 N–H and O–H groups in total. The monoisotopic (exact) mass is 340 g/mol. The highest BCUT2D eigenvalue weighted by molar-refractivity contribution is 6.15. The molecule has 0 unspecified atom stereocenters. The number of hydrogen-bond acceptors (Lipinski definition) is 4. The molecule has 1 aliphatic heterocycles. The first-order chi connectivity index (χ1) is 11.2. The van der Waals surface area contributed by atoms with Crippen molar-refractivity contribution in [3.8, 4) is 17.2 Å². The second kappa shape index (κ2) is 5.26. The Hall–Kier alpha value is -3.03. The number of Topliss-reactive ketones (excluding diaryl/α,β-unsaturated/α-hetero) is 1. The van der Waals surface area contributed by atoms with Crippen LogP contribution in [0.5, 0.6) is 17.2 Å². The highest BCUT2D eigenvalue weighted by Crippen LogP contribution is 2.44. The largest absolute Gasteiger partial charge is 0.504 e. The summed E-state index contributed by atoms with van der Waals surface area (Å²) in [7, 11) is 0. The fraction of sp³-hybridized carbons (Fsp3) is 0.0625. The number of ketones is 1. The van der Waals surface area contributed by atoms with Crippen molar-refractivity contribution in [2.24, 2.45) is 0 Å². The van der Waals surface area contributed by atoms with Crippen LogP contribution in [0, 0.1) is 5.82 Å². The van der Waals surface area contributed by atoms with E-state index in [1.54, 1.807) is 0 Å². The normalized spacial score (nSPS) is 15.5. The van der Waals surface area contributed by atoms with Gasteiger partial charge < -0.3 is 14.9 Å². The minimum absolute atomic E-state index is 0.151. The van der Waals surface area contributed by atoms with Gasteiger partial charge in [0.15, 0.2) is 17.3 Å². The third kappa shape index (κ3) is 2.45. The number of allylic oxidation sites excluding steroid dienone is 1. The Morgan fingerprint density at radius 1 is 1.08 bits per heavy atom. The summed E-state index contributed by atoms with van der Waals surface area (Å²) in [5.74, 6) is -4.30. The van der Waals surface area contributed by atoms with E-state index < -0.39 is 51.9 Å². The summed E-state index contributed by atoms with van der Waals surface area (Å²) in [6, 6.07) is 4.56. The molecule has 1 aliphatic rings. The SMILES string of the molecule is O=C1/C(=C/c2c(F)cccc2C(F)(F)F)Oc2c1ccc(O)c2O. The Balaban J connectivity index is 2.13. The van der Waals surface area contributed by atoms with Crippen molar-refractivity contribution < 1.29 is 37.3 Å². The van der Waals surface area contributed by atoms with E-state index in [0.717, 1.165) is 24.3 Å². The third-order valence-electron chi connectivity index (χ3n) is 3.42. The first-order valence-electron chi connectivity index (χ1n) is 6.55. The van der Waals surface area contributed by atoms with E-state index in [4.69, 9.17) is 4.74 Å². The zero-order valence-corrected chi connectivity index (χ0v) is 11.7. The summed E-state index contributed by atoms with van der Waals surface area (Å²) in [4.78, 5) is 12.1. The van der Waals surface area contributed by atoms with Crippen LogP contribution in [-0.4, -0.2) is 16.0 Å². The van der Waals surface area contributed by atoms with E-state index in [1.165, 1.54) is 0 Å². The van der Waals surface area contributed by atoms with Crippen molar-refractivity contribution in [2.75, 3.05) is 0 Å². The van der Waals surface area contributed by atoms with Crippen LogP contribution in [0.4, 0.5) is 17.6 Å². The van der Waals surface area contributed by atoms with Gasteiger partial charge in [-0.25, -0.2) is 4.39 Å². The molecule has 2 aromatic rings. The predicted octanol–water partition coefficient (Wildman–Crippen LogP) is 3.87. The Morgan fingerprint density at radius 3 is 2.46 bits per heavy atom. The molecule has 0 saturated heterocycles. The van der Waals surface area contributed by atoms with Crippen molar-refractivity contribution in [3.63, 3.8) is 0 Å². The van der Waals surface area contributed by atoms with E-state index in [0.29, 0.717) is 12.1 Å². The maximum absolute atomic E-state index is 13.8. The molecule has 8 heteroatoms. The maximum atomic E-state index is 13.8. The van der Waals surface area contributed by atoms with E-state index in [2.05, 4.69) is 0 Å². The van der Waals surface area contributed by atoms with E-state index in [-0.39, 0.29) is 5.56 Å². The molecule has 24 heavy (non-hydrogen) atoms. The second-order valence-corrected chi connectivity index (χ2v) is 4.95. The summed E-state index contributed by atoms with van der Waals surface area (Å²) in [5, 5.41) is 19.0. The molecule has 0 atom stereocenters. The minimum atomic E-state index is -4.83. The van der Waals surface area contributed by atoms with Gasteiger partial charge in [0.2, 0.25) is 11.5 Å². The fourth-order valence-corrected chi connectivity index (χ4v) is 2.29. The number of hydrogen-bond donors (Lipinski definition) is 2. The zero-order valence-electron chi connectivity index (χ0n) is 11.7. The van der Waals surface area contributed by atoms with Gasteiger partial charge in [0.1, 0.15) is 5.82 Å². The van der Waals surface area contributed by atoms with Crippen LogP contribution in [0.1, 0.15) is 21.5 Å². The van der Waals surface area contributed by atoms with Gasteiger partial charge in [-0.1, -0.05) is 6.07 Å². The number of benzene rings is 2. The van der Waals surface area contributed by atoms with Crippen LogP contribution in [-0.2, 0) is 6.18 Å². The summed E-state index contributed by atoms with van der Waals surface area (Å²) >= 11 is 0. The molecule has 4 nitrogen and oxygen atoms in total. The maximum Gasteiger partial charge on any atom is 0.417 e.